The number of anilines is 1. The first-order chi connectivity index (χ1) is 15.1. The summed E-state index contributed by atoms with van der Waals surface area (Å²) in [6.45, 7) is 4.57. The lowest BCUT2D eigenvalue weighted by Gasteiger charge is -2.21. The van der Waals surface area contributed by atoms with E-state index < -0.39 is 0 Å². The van der Waals surface area contributed by atoms with Crippen LogP contribution in [0.3, 0.4) is 0 Å². The van der Waals surface area contributed by atoms with E-state index in [1.807, 2.05) is 75.5 Å². The van der Waals surface area contributed by atoms with Crippen LogP contribution in [0.15, 0.2) is 64.3 Å². The fraction of sp³-hybridized carbons (Fsp3) is 0.227. The van der Waals surface area contributed by atoms with Gasteiger partial charge in [-0.3, -0.25) is 4.79 Å². The third-order valence-electron chi connectivity index (χ3n) is 4.74. The summed E-state index contributed by atoms with van der Waals surface area (Å²) < 4.78 is 7.13. The number of aryl methyl sites for hydroxylation is 1. The zero-order valence-corrected chi connectivity index (χ0v) is 18.3. The molecule has 8 nitrogen and oxygen atoms in total. The third-order valence-corrected chi connectivity index (χ3v) is 5.74. The number of hydrogen-bond donors (Lipinski definition) is 0. The maximum atomic E-state index is 12.8. The Morgan fingerprint density at radius 2 is 1.94 bits per heavy atom. The maximum Gasteiger partial charge on any atom is 0.296 e. The summed E-state index contributed by atoms with van der Waals surface area (Å²) in [5.74, 6) is 1.47. The number of benzene rings is 2. The van der Waals surface area contributed by atoms with Crippen molar-refractivity contribution in [3.8, 4) is 23.1 Å². The van der Waals surface area contributed by atoms with Crippen molar-refractivity contribution in [1.29, 1.82) is 0 Å². The van der Waals surface area contributed by atoms with Crippen molar-refractivity contribution in [2.75, 3.05) is 17.2 Å². The smallest absolute Gasteiger partial charge is 0.296 e. The first-order valence-corrected chi connectivity index (χ1v) is 10.8. The molecule has 0 bridgehead atoms. The molecule has 0 saturated carbocycles. The van der Waals surface area contributed by atoms with Gasteiger partial charge < -0.3 is 14.0 Å². The Hall–Kier alpha value is -3.46. The van der Waals surface area contributed by atoms with Crippen molar-refractivity contribution in [2.24, 2.45) is 7.05 Å². The van der Waals surface area contributed by atoms with Crippen molar-refractivity contribution in [2.45, 2.75) is 19.0 Å². The van der Waals surface area contributed by atoms with E-state index in [0.717, 1.165) is 16.8 Å². The summed E-state index contributed by atoms with van der Waals surface area (Å²) in [5, 5.41) is 13.0. The maximum absolute atomic E-state index is 12.8. The second-order valence-electron chi connectivity index (χ2n) is 6.92. The zero-order valence-electron chi connectivity index (χ0n) is 17.5. The molecule has 0 atom stereocenters. The fourth-order valence-corrected chi connectivity index (χ4v) is 3.94. The van der Waals surface area contributed by atoms with E-state index in [0.29, 0.717) is 23.4 Å². The number of rotatable bonds is 7. The fourth-order valence-electron chi connectivity index (χ4n) is 3.15. The van der Waals surface area contributed by atoms with Crippen LogP contribution in [0.25, 0.3) is 23.1 Å². The zero-order chi connectivity index (χ0) is 21.8. The van der Waals surface area contributed by atoms with Gasteiger partial charge in [0.25, 0.3) is 5.89 Å². The van der Waals surface area contributed by atoms with E-state index in [4.69, 9.17) is 4.52 Å². The average molecular weight is 435 g/mol. The standard InChI is InChI=1S/C22H22N6O2S/c1-4-28(17-12-8-9-15(2)13-17)18(29)14-31-22-25-24-20(27(22)3)21-23-19(26-30-21)16-10-6-5-7-11-16/h5-13H,4,14H2,1-3H3. The molecule has 2 aromatic carbocycles. The molecular weight excluding hydrogens is 412 g/mol. The third kappa shape index (κ3) is 4.51. The molecule has 31 heavy (non-hydrogen) atoms. The van der Waals surface area contributed by atoms with Crippen LogP contribution in [0.5, 0.6) is 0 Å². The van der Waals surface area contributed by atoms with Gasteiger partial charge in [0.15, 0.2) is 5.16 Å². The summed E-state index contributed by atoms with van der Waals surface area (Å²) in [6.07, 6.45) is 0. The van der Waals surface area contributed by atoms with Crippen LogP contribution in [0.1, 0.15) is 12.5 Å². The van der Waals surface area contributed by atoms with Crippen LogP contribution < -0.4 is 4.90 Å². The molecule has 4 rings (SSSR count). The molecule has 0 unspecified atom stereocenters. The SMILES string of the molecule is CCN(C(=O)CSc1nnc(-c2nc(-c3ccccc3)no2)n1C)c1cccc(C)c1. The van der Waals surface area contributed by atoms with E-state index in [-0.39, 0.29) is 17.6 Å². The van der Waals surface area contributed by atoms with Crippen molar-refractivity contribution < 1.29 is 9.32 Å². The van der Waals surface area contributed by atoms with Crippen LogP contribution in [0.2, 0.25) is 0 Å². The lowest BCUT2D eigenvalue weighted by molar-refractivity contribution is -0.116. The van der Waals surface area contributed by atoms with Gasteiger partial charge in [-0.05, 0) is 31.5 Å². The molecule has 0 aliphatic carbocycles. The van der Waals surface area contributed by atoms with Crippen LogP contribution in [-0.2, 0) is 11.8 Å². The van der Waals surface area contributed by atoms with Gasteiger partial charge in [-0.15, -0.1) is 10.2 Å². The van der Waals surface area contributed by atoms with Gasteiger partial charge in [-0.1, -0.05) is 59.4 Å². The summed E-state index contributed by atoms with van der Waals surface area (Å²) in [5.41, 5.74) is 2.87. The van der Waals surface area contributed by atoms with Gasteiger partial charge in [0, 0.05) is 24.8 Å². The molecular formula is C22H22N6O2S. The first-order valence-electron chi connectivity index (χ1n) is 9.85. The summed E-state index contributed by atoms with van der Waals surface area (Å²) in [4.78, 5) is 19.0. The highest BCUT2D eigenvalue weighted by Gasteiger charge is 2.20. The van der Waals surface area contributed by atoms with Gasteiger partial charge in [0.1, 0.15) is 0 Å². The minimum Gasteiger partial charge on any atom is -0.330 e. The highest BCUT2D eigenvalue weighted by Crippen LogP contribution is 2.25. The highest BCUT2D eigenvalue weighted by atomic mass is 32.2. The Labute approximate surface area is 184 Å². The van der Waals surface area contributed by atoms with Crippen LogP contribution in [-0.4, -0.2) is 43.1 Å². The molecule has 0 fully saturated rings. The van der Waals surface area contributed by atoms with E-state index in [2.05, 4.69) is 20.3 Å². The van der Waals surface area contributed by atoms with Crippen molar-refractivity contribution in [3.05, 3.63) is 60.2 Å². The molecule has 0 radical (unpaired) electrons. The monoisotopic (exact) mass is 434 g/mol. The molecule has 2 heterocycles. The minimum absolute atomic E-state index is 0.00630. The number of carbonyl (C=O) groups is 1. The van der Waals surface area contributed by atoms with Crippen LogP contribution in [0.4, 0.5) is 5.69 Å². The molecule has 1 amide bonds. The van der Waals surface area contributed by atoms with Gasteiger partial charge in [-0.2, -0.15) is 4.98 Å². The lowest BCUT2D eigenvalue weighted by atomic mass is 10.2. The molecule has 0 saturated heterocycles. The molecule has 0 spiro atoms. The predicted molar refractivity (Wildman–Crippen MR) is 120 cm³/mol. The predicted octanol–water partition coefficient (Wildman–Crippen LogP) is 3.99. The Bertz CT molecular complexity index is 1190. The number of thioether (sulfide) groups is 1. The molecule has 9 heteroatoms. The molecule has 4 aromatic rings. The lowest BCUT2D eigenvalue weighted by Crippen LogP contribution is -2.32. The highest BCUT2D eigenvalue weighted by molar-refractivity contribution is 7.99. The molecule has 158 valence electrons. The van der Waals surface area contributed by atoms with E-state index in [1.165, 1.54) is 11.8 Å². The van der Waals surface area contributed by atoms with Gasteiger partial charge in [-0.25, -0.2) is 0 Å². The quantitative estimate of drug-likeness (QED) is 0.406. The minimum atomic E-state index is 0.00630. The summed E-state index contributed by atoms with van der Waals surface area (Å²) >= 11 is 1.32. The number of aromatic nitrogens is 5. The Balaban J connectivity index is 1.46. The van der Waals surface area contributed by atoms with Gasteiger partial charge in [0.2, 0.25) is 17.6 Å². The number of nitrogens with zero attached hydrogens (tertiary/aromatic N) is 6. The van der Waals surface area contributed by atoms with Crippen LogP contribution in [0, 0.1) is 6.92 Å². The number of hydrogen-bond acceptors (Lipinski definition) is 7. The van der Waals surface area contributed by atoms with Crippen LogP contribution >= 0.6 is 11.8 Å². The van der Waals surface area contributed by atoms with Crippen molar-refractivity contribution >= 4 is 23.4 Å². The summed E-state index contributed by atoms with van der Waals surface area (Å²) in [7, 11) is 1.81. The average Bonchev–Trinajstić information content (AvgIpc) is 3.40. The van der Waals surface area contributed by atoms with E-state index in [9.17, 15) is 4.79 Å². The Morgan fingerprint density at radius 1 is 1.13 bits per heavy atom. The second kappa shape index (κ2) is 9.13. The molecule has 0 N–H and O–H groups in total. The molecule has 0 aliphatic rings. The first kappa shape index (κ1) is 20.8. The number of carbonyl (C=O) groups excluding carboxylic acids is 1. The largest absolute Gasteiger partial charge is 0.330 e. The molecule has 2 aromatic heterocycles. The Kier molecular flexibility index (Phi) is 6.13. The molecule has 0 aliphatic heterocycles. The van der Waals surface area contributed by atoms with Crippen molar-refractivity contribution in [3.63, 3.8) is 0 Å². The van der Waals surface area contributed by atoms with Gasteiger partial charge >= 0.3 is 0 Å². The van der Waals surface area contributed by atoms with Gasteiger partial charge in [0.05, 0.1) is 5.75 Å². The van der Waals surface area contributed by atoms with E-state index >= 15 is 0 Å². The Morgan fingerprint density at radius 3 is 2.68 bits per heavy atom. The van der Waals surface area contributed by atoms with Crippen molar-refractivity contribution in [1.82, 2.24) is 24.9 Å². The second-order valence-corrected chi connectivity index (χ2v) is 7.86. The van der Waals surface area contributed by atoms with E-state index in [1.54, 1.807) is 9.47 Å². The normalized spacial score (nSPS) is 10.9. The topological polar surface area (TPSA) is 89.9 Å². The summed E-state index contributed by atoms with van der Waals surface area (Å²) in [6, 6.07) is 17.5. The number of amides is 1.